The Balaban J connectivity index is 1.63. The first-order chi connectivity index (χ1) is 20.0. The molecule has 238 valence electrons. The molecular weight excluding hydrogens is 641 g/mol. The van der Waals surface area contributed by atoms with Gasteiger partial charge in [-0.2, -0.15) is 18.6 Å². The van der Waals surface area contributed by atoms with Crippen molar-refractivity contribution >= 4 is 52.1 Å². The van der Waals surface area contributed by atoms with E-state index >= 15 is 0 Å². The molecule has 43 heavy (non-hydrogen) atoms. The SMILES string of the molecule is CCCCc1ccc(Nc2nc(N)c3ncn([C@@H]4O[C@H](CO)[C@@H](O)[C@@H]4O)c3n2)cc1OP(=O)(O)OP(=O)(O)OP(=O)(O)O. The van der Waals surface area contributed by atoms with E-state index in [1.807, 2.05) is 6.92 Å². The lowest BCUT2D eigenvalue weighted by molar-refractivity contribution is -0.0511. The number of nitrogens with two attached hydrogens (primary N) is 1. The van der Waals surface area contributed by atoms with Crippen LogP contribution >= 0.6 is 23.5 Å². The van der Waals surface area contributed by atoms with Crippen molar-refractivity contribution in [1.29, 1.82) is 0 Å². The molecule has 3 aromatic rings. The van der Waals surface area contributed by atoms with Crippen LogP contribution in [0.25, 0.3) is 11.2 Å². The largest absolute Gasteiger partial charge is 0.536 e. The van der Waals surface area contributed by atoms with Crippen molar-refractivity contribution in [3.8, 4) is 5.75 Å². The molecule has 3 heterocycles. The summed E-state index contributed by atoms with van der Waals surface area (Å²) < 4.78 is 54.6. The van der Waals surface area contributed by atoms with E-state index in [0.29, 0.717) is 18.4 Å². The smallest absolute Gasteiger partial charge is 0.403 e. The van der Waals surface area contributed by atoms with E-state index in [-0.39, 0.29) is 34.4 Å². The van der Waals surface area contributed by atoms with E-state index < -0.39 is 54.6 Å². The Morgan fingerprint density at radius 3 is 2.42 bits per heavy atom. The molecule has 1 aliphatic heterocycles. The molecule has 0 saturated carbocycles. The molecule has 1 fully saturated rings. The topological polar surface area (TPSA) is 311 Å². The van der Waals surface area contributed by atoms with Crippen molar-refractivity contribution in [2.75, 3.05) is 17.7 Å². The average Bonchev–Trinajstić information content (AvgIpc) is 3.41. The number of nitrogens with zero attached hydrogens (tertiary/aromatic N) is 4. The van der Waals surface area contributed by atoms with Gasteiger partial charge in [-0.25, -0.2) is 18.7 Å². The number of fused-ring (bicyclic) bond motifs is 1. The summed E-state index contributed by atoms with van der Waals surface area (Å²) in [5.74, 6) is -0.513. The van der Waals surface area contributed by atoms with E-state index in [0.717, 1.165) is 6.42 Å². The number of imidazole rings is 1. The Kier molecular flexibility index (Phi) is 9.95. The second-order valence-corrected chi connectivity index (χ2v) is 13.6. The number of anilines is 3. The van der Waals surface area contributed by atoms with Crippen LogP contribution in [-0.2, 0) is 33.5 Å². The Labute approximate surface area is 242 Å². The first kappa shape index (κ1) is 33.4. The molecule has 2 aromatic heterocycles. The lowest BCUT2D eigenvalue weighted by Crippen LogP contribution is -2.33. The normalized spacial score (nSPS) is 23.6. The van der Waals surface area contributed by atoms with Crippen molar-refractivity contribution in [2.24, 2.45) is 0 Å². The number of phosphoric ester groups is 1. The van der Waals surface area contributed by atoms with Gasteiger partial charge in [-0.15, -0.1) is 0 Å². The quantitative estimate of drug-likeness (QED) is 0.114. The van der Waals surface area contributed by atoms with Crippen molar-refractivity contribution in [3.63, 3.8) is 0 Å². The van der Waals surface area contributed by atoms with Gasteiger partial charge in [0.2, 0.25) is 5.95 Å². The van der Waals surface area contributed by atoms with Gasteiger partial charge in [0, 0.05) is 11.8 Å². The highest BCUT2D eigenvalue weighted by Crippen LogP contribution is 2.66. The van der Waals surface area contributed by atoms with Gasteiger partial charge in [0.1, 0.15) is 29.6 Å². The van der Waals surface area contributed by atoms with Crippen molar-refractivity contribution < 1.29 is 66.5 Å². The standard InChI is InChI=1S/C20H29N6O14P3/c1-2-3-4-10-5-6-11(7-12(10)38-42(33,34)40-43(35,36)39-41(30,31)32)23-20-24-17(21)14-18(25-20)26(9-22-14)19-16(29)15(28)13(8-27)37-19/h5-7,9,13,15-16,19,27-29H,2-4,8H2,1H3,(H,33,34)(H,35,36)(H2,30,31,32)(H3,21,23,24,25)/t13-,15-,16+,19-/m1/s1. The predicted octanol–water partition coefficient (Wildman–Crippen LogP) is 0.812. The second-order valence-electron chi connectivity index (χ2n) is 9.22. The number of aliphatic hydroxyl groups is 3. The lowest BCUT2D eigenvalue weighted by Gasteiger charge is -2.19. The molecule has 1 aromatic carbocycles. The van der Waals surface area contributed by atoms with Crippen LogP contribution in [-0.4, -0.2) is 79.3 Å². The fourth-order valence-electron chi connectivity index (χ4n) is 4.13. The van der Waals surface area contributed by atoms with Crippen LogP contribution in [0.15, 0.2) is 24.5 Å². The van der Waals surface area contributed by atoms with Gasteiger partial charge in [0.25, 0.3) is 0 Å². The molecule has 0 bridgehead atoms. The molecule has 0 radical (unpaired) electrons. The van der Waals surface area contributed by atoms with Gasteiger partial charge >= 0.3 is 23.5 Å². The summed E-state index contributed by atoms with van der Waals surface area (Å²) in [7, 11) is -16.8. The summed E-state index contributed by atoms with van der Waals surface area (Å²) in [5.41, 5.74) is 6.78. The van der Waals surface area contributed by atoms with Gasteiger partial charge in [-0.1, -0.05) is 19.4 Å². The van der Waals surface area contributed by atoms with Gasteiger partial charge in [-0.3, -0.25) is 9.46 Å². The van der Waals surface area contributed by atoms with Crippen LogP contribution in [0.2, 0.25) is 0 Å². The summed E-state index contributed by atoms with van der Waals surface area (Å²) in [6, 6.07) is 4.24. The molecule has 20 nitrogen and oxygen atoms in total. The van der Waals surface area contributed by atoms with E-state index in [1.165, 1.54) is 29.1 Å². The van der Waals surface area contributed by atoms with E-state index in [9.17, 15) is 38.8 Å². The fraction of sp³-hybridized carbons (Fsp3) is 0.450. The van der Waals surface area contributed by atoms with E-state index in [2.05, 4.69) is 28.9 Å². The first-order valence-electron chi connectivity index (χ1n) is 12.4. The highest BCUT2D eigenvalue weighted by Gasteiger charge is 2.44. The number of rotatable bonds is 13. The number of nitrogens with one attached hydrogen (secondary N) is 1. The molecule has 6 atom stereocenters. The van der Waals surface area contributed by atoms with Crippen LogP contribution in [0.5, 0.6) is 5.75 Å². The third-order valence-corrected chi connectivity index (χ3v) is 9.75. The molecule has 0 aliphatic carbocycles. The summed E-state index contributed by atoms with van der Waals surface area (Å²) >= 11 is 0. The number of aromatic nitrogens is 4. The van der Waals surface area contributed by atoms with Crippen LogP contribution in [0.1, 0.15) is 31.6 Å². The first-order valence-corrected chi connectivity index (χ1v) is 16.9. The molecule has 23 heteroatoms. The Morgan fingerprint density at radius 2 is 1.79 bits per heavy atom. The predicted molar refractivity (Wildman–Crippen MR) is 146 cm³/mol. The monoisotopic (exact) mass is 670 g/mol. The van der Waals surface area contributed by atoms with Crippen LogP contribution in [0.3, 0.4) is 0 Å². The number of nitrogen functional groups attached to an aromatic ring is 1. The van der Waals surface area contributed by atoms with Gasteiger partial charge in [0.15, 0.2) is 17.7 Å². The zero-order valence-electron chi connectivity index (χ0n) is 22.1. The number of benzene rings is 1. The Bertz CT molecular complexity index is 1620. The molecule has 0 amide bonds. The summed E-state index contributed by atoms with van der Waals surface area (Å²) in [4.78, 5) is 49.6. The molecular formula is C20H29N6O14P3. The van der Waals surface area contributed by atoms with Crippen molar-refractivity contribution in [3.05, 3.63) is 30.1 Å². The maximum atomic E-state index is 12.5. The van der Waals surface area contributed by atoms with Gasteiger partial charge < -0.3 is 50.3 Å². The zero-order chi connectivity index (χ0) is 31.7. The molecule has 0 spiro atoms. The maximum absolute atomic E-state index is 12.5. The van der Waals surface area contributed by atoms with Crippen LogP contribution in [0.4, 0.5) is 17.5 Å². The summed E-state index contributed by atoms with van der Waals surface area (Å²) in [6.07, 6.45) is -2.13. The van der Waals surface area contributed by atoms with Crippen molar-refractivity contribution in [2.45, 2.75) is 50.7 Å². The third kappa shape index (κ3) is 8.14. The lowest BCUT2D eigenvalue weighted by atomic mass is 10.1. The second kappa shape index (κ2) is 12.8. The highest BCUT2D eigenvalue weighted by molar-refractivity contribution is 7.66. The number of hydrogen-bond acceptors (Lipinski definition) is 15. The molecule has 4 rings (SSSR count). The number of hydrogen-bond donors (Lipinski definition) is 9. The number of unbranched alkanes of at least 4 members (excludes halogenated alkanes) is 1. The minimum Gasteiger partial charge on any atom is -0.403 e. The molecule has 2 unspecified atom stereocenters. The third-order valence-electron chi connectivity index (χ3n) is 5.99. The Morgan fingerprint density at radius 1 is 1.07 bits per heavy atom. The minimum atomic E-state index is -5.74. The van der Waals surface area contributed by atoms with Gasteiger partial charge in [-0.05, 0) is 24.5 Å². The number of aryl methyl sites for hydroxylation is 1. The molecule has 1 saturated heterocycles. The average molecular weight is 670 g/mol. The van der Waals surface area contributed by atoms with Crippen molar-refractivity contribution in [1.82, 2.24) is 19.5 Å². The summed E-state index contributed by atoms with van der Waals surface area (Å²) in [6.45, 7) is 1.34. The van der Waals surface area contributed by atoms with Crippen LogP contribution < -0.4 is 15.6 Å². The molecule has 1 aliphatic rings. The van der Waals surface area contributed by atoms with E-state index in [1.54, 1.807) is 0 Å². The van der Waals surface area contributed by atoms with Crippen LogP contribution in [0, 0.1) is 0 Å². The number of ether oxygens (including phenoxy) is 1. The maximum Gasteiger partial charge on any atom is 0.536 e. The Hall–Kier alpha value is -2.54. The van der Waals surface area contributed by atoms with E-state index in [4.69, 9.17) is 24.8 Å². The highest BCUT2D eigenvalue weighted by atomic mass is 31.3. The number of phosphoric acid groups is 3. The number of aliphatic hydroxyl groups excluding tert-OH is 3. The fourth-order valence-corrected chi connectivity index (χ4v) is 7.19. The van der Waals surface area contributed by atoms with Gasteiger partial charge in [0.05, 0.1) is 12.9 Å². The zero-order valence-corrected chi connectivity index (χ0v) is 24.8. The summed E-state index contributed by atoms with van der Waals surface area (Å²) in [5, 5.41) is 32.8. The molecule has 10 N–H and O–H groups in total. The minimum absolute atomic E-state index is 0.0814.